The van der Waals surface area contributed by atoms with Gasteiger partial charge in [-0.25, -0.2) is 0 Å². The molecular weight excluding hydrogens is 284 g/mol. The molecule has 1 heterocycles. The molecule has 1 fully saturated rings. The Morgan fingerprint density at radius 1 is 1.26 bits per heavy atom. The van der Waals surface area contributed by atoms with Gasteiger partial charge in [-0.05, 0) is 24.4 Å². The molecule has 0 saturated carbocycles. The topological polar surface area (TPSA) is 44.1 Å². The number of likely N-dealkylation sites (tertiary alicyclic amines) is 1. The van der Waals surface area contributed by atoms with E-state index in [1.165, 1.54) is 5.56 Å². The monoisotopic (exact) mass is 308 g/mol. The number of ketones is 1. The van der Waals surface area contributed by atoms with Crippen LogP contribution in [0, 0.1) is 28.1 Å². The van der Waals surface area contributed by atoms with Crippen LogP contribution in [0.2, 0.25) is 0 Å². The lowest BCUT2D eigenvalue weighted by Crippen LogP contribution is -2.55. The Morgan fingerprint density at radius 3 is 2.61 bits per heavy atom. The van der Waals surface area contributed by atoms with Crippen LogP contribution in [0.4, 0.5) is 0 Å². The van der Waals surface area contributed by atoms with E-state index >= 15 is 0 Å². The number of nitriles is 1. The quantitative estimate of drug-likeness (QED) is 0.839. The van der Waals surface area contributed by atoms with Gasteiger partial charge in [0, 0.05) is 23.9 Å². The summed E-state index contributed by atoms with van der Waals surface area (Å²) in [5, 5.41) is 9.35. The van der Waals surface area contributed by atoms with Crippen molar-refractivity contribution in [3.8, 4) is 6.07 Å². The van der Waals surface area contributed by atoms with E-state index in [4.69, 9.17) is 0 Å². The Morgan fingerprint density at radius 2 is 1.96 bits per heavy atom. The highest BCUT2D eigenvalue weighted by Crippen LogP contribution is 2.52. The molecule has 23 heavy (non-hydrogen) atoms. The van der Waals surface area contributed by atoms with Crippen LogP contribution in [-0.4, -0.2) is 23.8 Å². The fourth-order valence-corrected chi connectivity index (χ4v) is 4.60. The van der Waals surface area contributed by atoms with Crippen molar-refractivity contribution in [1.82, 2.24) is 4.90 Å². The number of hydrogen-bond acceptors (Lipinski definition) is 3. The van der Waals surface area contributed by atoms with Gasteiger partial charge < -0.3 is 0 Å². The lowest BCUT2D eigenvalue weighted by molar-refractivity contribution is -0.132. The van der Waals surface area contributed by atoms with Gasteiger partial charge in [-0.1, -0.05) is 57.2 Å². The third kappa shape index (κ3) is 2.72. The Hall–Kier alpha value is -1.92. The van der Waals surface area contributed by atoms with E-state index in [1.54, 1.807) is 0 Å². The first-order valence-electron chi connectivity index (χ1n) is 8.31. The number of hydrogen-bond donors (Lipinski definition) is 0. The Balaban J connectivity index is 1.87. The largest absolute Gasteiger partial charge is 0.298 e. The molecule has 1 aromatic rings. The minimum atomic E-state index is -0.451. The van der Waals surface area contributed by atoms with Gasteiger partial charge in [-0.15, -0.1) is 0 Å². The standard InChI is InChI=1S/C20H24N2O/c1-19(2)17-9-10-22(13-15-7-5-4-6-8-15)14-20(17,3)11-16(12-21)18(19)23/h4-8,11,17H,9-10,13-14H2,1-3H3/t17-,20+/m0/s1. The minimum Gasteiger partial charge on any atom is -0.298 e. The second kappa shape index (κ2) is 5.62. The second-order valence-corrected chi connectivity index (χ2v) is 7.76. The summed E-state index contributed by atoms with van der Waals surface area (Å²) in [6.45, 7) is 9.05. The van der Waals surface area contributed by atoms with Gasteiger partial charge in [-0.2, -0.15) is 5.26 Å². The zero-order chi connectivity index (χ0) is 16.7. The number of carbonyl (C=O) groups is 1. The maximum atomic E-state index is 12.5. The zero-order valence-electron chi connectivity index (χ0n) is 14.2. The molecule has 1 aliphatic heterocycles. The highest BCUT2D eigenvalue weighted by Gasteiger charge is 2.53. The molecule has 1 saturated heterocycles. The van der Waals surface area contributed by atoms with Crippen LogP contribution in [0.25, 0.3) is 0 Å². The summed E-state index contributed by atoms with van der Waals surface area (Å²) in [5.41, 5.74) is 1.09. The van der Waals surface area contributed by atoms with Crippen LogP contribution in [-0.2, 0) is 11.3 Å². The minimum absolute atomic E-state index is 0.0129. The molecule has 0 spiro atoms. The van der Waals surface area contributed by atoms with Crippen LogP contribution in [0.3, 0.4) is 0 Å². The van der Waals surface area contributed by atoms with Crippen molar-refractivity contribution in [1.29, 1.82) is 5.26 Å². The van der Waals surface area contributed by atoms with Crippen molar-refractivity contribution >= 4 is 5.78 Å². The van der Waals surface area contributed by atoms with Crippen molar-refractivity contribution < 1.29 is 4.79 Å². The van der Waals surface area contributed by atoms with Gasteiger partial charge in [0.1, 0.15) is 6.07 Å². The maximum absolute atomic E-state index is 12.5. The summed E-state index contributed by atoms with van der Waals surface area (Å²) in [5.74, 6) is 0.311. The first-order valence-corrected chi connectivity index (χ1v) is 8.31. The molecule has 0 bridgehead atoms. The lowest BCUT2D eigenvalue weighted by atomic mass is 9.55. The van der Waals surface area contributed by atoms with Crippen molar-refractivity contribution in [2.45, 2.75) is 33.7 Å². The van der Waals surface area contributed by atoms with Gasteiger partial charge in [0.25, 0.3) is 0 Å². The predicted molar refractivity (Wildman–Crippen MR) is 90.4 cm³/mol. The summed E-state index contributed by atoms with van der Waals surface area (Å²) in [6.07, 6.45) is 2.94. The van der Waals surface area contributed by atoms with Crippen LogP contribution in [0.5, 0.6) is 0 Å². The summed E-state index contributed by atoms with van der Waals surface area (Å²) in [4.78, 5) is 15.0. The summed E-state index contributed by atoms with van der Waals surface area (Å²) >= 11 is 0. The number of rotatable bonds is 2. The van der Waals surface area contributed by atoms with E-state index in [1.807, 2.05) is 26.0 Å². The Bertz CT molecular complexity index is 683. The third-order valence-corrected chi connectivity index (χ3v) is 5.64. The van der Waals surface area contributed by atoms with Gasteiger partial charge in [0.05, 0.1) is 5.57 Å². The Labute approximate surface area is 138 Å². The molecule has 1 aliphatic carbocycles. The van der Waals surface area contributed by atoms with Gasteiger partial charge in [0.15, 0.2) is 5.78 Å². The molecule has 0 N–H and O–H groups in total. The molecule has 0 radical (unpaired) electrons. The van der Waals surface area contributed by atoms with E-state index in [0.29, 0.717) is 11.5 Å². The number of piperidine rings is 1. The summed E-state index contributed by atoms with van der Waals surface area (Å²) in [7, 11) is 0. The molecule has 0 amide bonds. The third-order valence-electron chi connectivity index (χ3n) is 5.64. The lowest BCUT2D eigenvalue weighted by Gasteiger charge is -2.53. The fraction of sp³-hybridized carbons (Fsp3) is 0.500. The second-order valence-electron chi connectivity index (χ2n) is 7.76. The molecule has 3 rings (SSSR count). The first kappa shape index (κ1) is 16.0. The number of benzene rings is 1. The molecule has 0 unspecified atom stereocenters. The molecule has 1 aromatic carbocycles. The smallest absolute Gasteiger partial charge is 0.178 e. The molecule has 3 nitrogen and oxygen atoms in total. The van der Waals surface area contributed by atoms with Crippen LogP contribution in [0.15, 0.2) is 42.0 Å². The van der Waals surface area contributed by atoms with E-state index < -0.39 is 5.41 Å². The van der Waals surface area contributed by atoms with E-state index in [-0.39, 0.29) is 11.2 Å². The van der Waals surface area contributed by atoms with Gasteiger partial charge >= 0.3 is 0 Å². The highest BCUT2D eigenvalue weighted by molar-refractivity contribution is 6.04. The maximum Gasteiger partial charge on any atom is 0.178 e. The number of nitrogens with zero attached hydrogens (tertiary/aromatic N) is 2. The number of fused-ring (bicyclic) bond motifs is 1. The predicted octanol–water partition coefficient (Wildman–Crippen LogP) is 3.57. The molecule has 3 heteroatoms. The number of Topliss-reactive ketones (excluding diaryl/α,β-unsaturated/α-hetero) is 1. The van der Waals surface area contributed by atoms with E-state index in [0.717, 1.165) is 26.1 Å². The van der Waals surface area contributed by atoms with E-state index in [2.05, 4.69) is 42.2 Å². The summed E-state index contributed by atoms with van der Waals surface area (Å²) < 4.78 is 0. The van der Waals surface area contributed by atoms with E-state index in [9.17, 15) is 10.1 Å². The van der Waals surface area contributed by atoms with Crippen molar-refractivity contribution in [3.63, 3.8) is 0 Å². The molecular formula is C20H24N2O. The average molecular weight is 308 g/mol. The number of carbonyl (C=O) groups excluding carboxylic acids is 1. The SMILES string of the molecule is CC1(C)C(=O)C(C#N)=C[C@]2(C)CN(Cc3ccccc3)CC[C@@H]12. The normalized spacial score (nSPS) is 30.3. The molecule has 2 aliphatic rings. The van der Waals surface area contributed by atoms with Gasteiger partial charge in [-0.3, -0.25) is 9.69 Å². The van der Waals surface area contributed by atoms with Crippen LogP contribution >= 0.6 is 0 Å². The van der Waals surface area contributed by atoms with Crippen molar-refractivity contribution in [2.75, 3.05) is 13.1 Å². The van der Waals surface area contributed by atoms with Crippen molar-refractivity contribution in [3.05, 3.63) is 47.5 Å². The van der Waals surface area contributed by atoms with Crippen LogP contribution < -0.4 is 0 Å². The first-order chi connectivity index (χ1) is 10.9. The average Bonchev–Trinajstić information content (AvgIpc) is 2.52. The molecule has 120 valence electrons. The number of allylic oxidation sites excluding steroid dienone is 1. The Kier molecular flexibility index (Phi) is 3.90. The highest BCUT2D eigenvalue weighted by atomic mass is 16.1. The van der Waals surface area contributed by atoms with Crippen molar-refractivity contribution in [2.24, 2.45) is 16.7 Å². The fourth-order valence-electron chi connectivity index (χ4n) is 4.60. The molecule has 0 aromatic heterocycles. The summed E-state index contributed by atoms with van der Waals surface area (Å²) in [6, 6.07) is 12.6. The van der Waals surface area contributed by atoms with Gasteiger partial charge in [0.2, 0.25) is 0 Å². The zero-order valence-corrected chi connectivity index (χ0v) is 14.2. The van der Waals surface area contributed by atoms with Crippen LogP contribution in [0.1, 0.15) is 32.8 Å². The molecule has 2 atom stereocenters.